The van der Waals surface area contributed by atoms with Crippen molar-refractivity contribution in [2.45, 2.75) is 32.8 Å². The largest absolute Gasteiger partial charge is 0.497 e. The molecule has 0 bridgehead atoms. The molecule has 0 radical (unpaired) electrons. The molecule has 0 spiro atoms. The predicted molar refractivity (Wildman–Crippen MR) is 122 cm³/mol. The molecular weight excluding hydrogens is 411 g/mol. The van der Waals surface area contributed by atoms with Crippen LogP contribution < -0.4 is 15.4 Å². The molecule has 32 heavy (non-hydrogen) atoms. The molecular formula is C24H27FN4O3. The van der Waals surface area contributed by atoms with Crippen LogP contribution in [0, 0.1) is 5.82 Å². The first kappa shape index (κ1) is 23.1. The van der Waals surface area contributed by atoms with Crippen LogP contribution in [0.4, 0.5) is 15.8 Å². The molecule has 0 aliphatic rings. The summed E-state index contributed by atoms with van der Waals surface area (Å²) < 4.78 is 19.8. The minimum atomic E-state index is -0.667. The van der Waals surface area contributed by atoms with E-state index in [-0.39, 0.29) is 18.4 Å². The van der Waals surface area contributed by atoms with Gasteiger partial charge in [0.25, 0.3) is 5.91 Å². The molecule has 3 rings (SSSR count). The summed E-state index contributed by atoms with van der Waals surface area (Å²) in [4.78, 5) is 21.1. The summed E-state index contributed by atoms with van der Waals surface area (Å²) in [5.41, 5.74) is 3.21. The van der Waals surface area contributed by atoms with E-state index in [0.717, 1.165) is 5.56 Å². The number of ether oxygens (including phenoxy) is 1. The van der Waals surface area contributed by atoms with Crippen LogP contribution in [-0.4, -0.2) is 40.7 Å². The van der Waals surface area contributed by atoms with Gasteiger partial charge in [-0.3, -0.25) is 14.8 Å². The molecule has 0 aliphatic heterocycles. The minimum absolute atomic E-state index is 0.124. The van der Waals surface area contributed by atoms with E-state index in [1.807, 2.05) is 13.8 Å². The number of hydrogen-bond donors (Lipinski definition) is 3. The number of halogens is 1. The zero-order chi connectivity index (χ0) is 23.3. The number of nitrogens with one attached hydrogen (secondary N) is 2. The van der Waals surface area contributed by atoms with Crippen LogP contribution >= 0.6 is 0 Å². The number of pyridine rings is 2. The van der Waals surface area contributed by atoms with E-state index >= 15 is 0 Å². The molecule has 2 aromatic heterocycles. The Balaban J connectivity index is 2.02. The van der Waals surface area contributed by atoms with E-state index < -0.39 is 11.9 Å². The third-order valence-corrected chi connectivity index (χ3v) is 4.90. The van der Waals surface area contributed by atoms with Gasteiger partial charge in [0.15, 0.2) is 0 Å². The first-order valence-corrected chi connectivity index (χ1v) is 10.3. The maximum atomic E-state index is 14.5. The number of benzene rings is 1. The fourth-order valence-corrected chi connectivity index (χ4v) is 3.17. The normalized spacial score (nSPS) is 11.8. The molecule has 8 heteroatoms. The molecule has 1 unspecified atom stereocenters. The Morgan fingerprint density at radius 3 is 2.62 bits per heavy atom. The standard InChI is InChI=1S/C24H27FN4O3/c1-14(2)18-13-27-22(17-9-16(32-4)5-6-20(17)25)10-23(18)29-21-7-8-26-12-19(21)24(31)28-11-15(3)30/h5-10,12-15,30H,11H2,1-4H3,(H,28,31)(H,26,27,29). The zero-order valence-corrected chi connectivity index (χ0v) is 18.5. The van der Waals surface area contributed by atoms with Crippen molar-refractivity contribution in [1.29, 1.82) is 0 Å². The maximum Gasteiger partial charge on any atom is 0.255 e. The van der Waals surface area contributed by atoms with Crippen molar-refractivity contribution in [3.05, 3.63) is 65.9 Å². The maximum absolute atomic E-state index is 14.5. The molecule has 0 saturated carbocycles. The summed E-state index contributed by atoms with van der Waals surface area (Å²) in [5, 5.41) is 15.4. The lowest BCUT2D eigenvalue weighted by Crippen LogP contribution is -2.31. The van der Waals surface area contributed by atoms with Crippen LogP contribution in [0.2, 0.25) is 0 Å². The fourth-order valence-electron chi connectivity index (χ4n) is 3.17. The number of amides is 1. The highest BCUT2D eigenvalue weighted by Gasteiger charge is 2.17. The molecule has 2 heterocycles. The molecule has 0 aliphatic carbocycles. The van der Waals surface area contributed by atoms with Crippen LogP contribution in [0.1, 0.15) is 42.6 Å². The van der Waals surface area contributed by atoms with E-state index in [0.29, 0.717) is 33.9 Å². The van der Waals surface area contributed by atoms with Gasteiger partial charge < -0.3 is 20.5 Å². The lowest BCUT2D eigenvalue weighted by Gasteiger charge is -2.18. The summed E-state index contributed by atoms with van der Waals surface area (Å²) in [5.74, 6) is -0.121. The lowest BCUT2D eigenvalue weighted by molar-refractivity contribution is 0.0924. The van der Waals surface area contributed by atoms with Crippen LogP contribution in [0.15, 0.2) is 48.9 Å². The highest BCUT2D eigenvalue weighted by Crippen LogP contribution is 2.33. The summed E-state index contributed by atoms with van der Waals surface area (Å²) in [6.45, 7) is 5.76. The summed E-state index contributed by atoms with van der Waals surface area (Å²) in [7, 11) is 1.52. The Hall–Kier alpha value is -3.52. The Labute approximate surface area is 186 Å². The minimum Gasteiger partial charge on any atom is -0.497 e. The average Bonchev–Trinajstić information content (AvgIpc) is 2.78. The number of rotatable bonds is 8. The Kier molecular flexibility index (Phi) is 7.37. The van der Waals surface area contributed by atoms with Crippen LogP contribution in [0.5, 0.6) is 5.75 Å². The van der Waals surface area contributed by atoms with E-state index in [1.165, 1.54) is 19.4 Å². The van der Waals surface area contributed by atoms with Gasteiger partial charge in [-0.25, -0.2) is 4.39 Å². The number of aromatic nitrogens is 2. The number of carbonyl (C=O) groups excluding carboxylic acids is 1. The number of methoxy groups -OCH3 is 1. The zero-order valence-electron chi connectivity index (χ0n) is 18.5. The van der Waals surface area contributed by atoms with Crippen molar-refractivity contribution in [2.75, 3.05) is 19.0 Å². The van der Waals surface area contributed by atoms with Gasteiger partial charge in [0.05, 0.1) is 30.2 Å². The Morgan fingerprint density at radius 1 is 1.16 bits per heavy atom. The van der Waals surface area contributed by atoms with Crippen LogP contribution in [-0.2, 0) is 0 Å². The van der Waals surface area contributed by atoms with Crippen molar-refractivity contribution in [3.63, 3.8) is 0 Å². The van der Waals surface area contributed by atoms with Gasteiger partial charge in [-0.05, 0) is 48.7 Å². The van der Waals surface area contributed by atoms with Crippen molar-refractivity contribution in [1.82, 2.24) is 15.3 Å². The van der Waals surface area contributed by atoms with Crippen molar-refractivity contribution >= 4 is 17.3 Å². The van der Waals surface area contributed by atoms with Crippen molar-refractivity contribution in [3.8, 4) is 17.0 Å². The van der Waals surface area contributed by atoms with Gasteiger partial charge in [0, 0.05) is 36.4 Å². The van der Waals surface area contributed by atoms with Crippen LogP contribution in [0.25, 0.3) is 11.3 Å². The molecule has 1 aromatic carbocycles. The number of nitrogens with zero attached hydrogens (tertiary/aromatic N) is 2. The number of hydrogen-bond acceptors (Lipinski definition) is 6. The first-order chi connectivity index (χ1) is 15.3. The molecule has 168 valence electrons. The monoisotopic (exact) mass is 438 g/mol. The molecule has 3 aromatic rings. The fraction of sp³-hybridized carbons (Fsp3) is 0.292. The highest BCUT2D eigenvalue weighted by atomic mass is 19.1. The van der Waals surface area contributed by atoms with E-state index in [4.69, 9.17) is 4.74 Å². The second-order valence-electron chi connectivity index (χ2n) is 7.76. The molecule has 0 fully saturated rings. The molecule has 0 saturated heterocycles. The number of anilines is 2. The topological polar surface area (TPSA) is 96.4 Å². The van der Waals surface area contributed by atoms with Gasteiger partial charge in [-0.15, -0.1) is 0 Å². The summed E-state index contributed by atoms with van der Waals surface area (Å²) in [6.07, 6.45) is 4.07. The Bertz CT molecular complexity index is 1100. The summed E-state index contributed by atoms with van der Waals surface area (Å²) in [6, 6.07) is 7.93. The third kappa shape index (κ3) is 5.39. The Morgan fingerprint density at radius 2 is 1.94 bits per heavy atom. The van der Waals surface area contributed by atoms with Gasteiger partial charge in [0.2, 0.25) is 0 Å². The van der Waals surface area contributed by atoms with E-state index in [9.17, 15) is 14.3 Å². The third-order valence-electron chi connectivity index (χ3n) is 4.90. The predicted octanol–water partition coefficient (Wildman–Crippen LogP) is 4.27. The van der Waals surface area contributed by atoms with E-state index in [1.54, 1.807) is 43.6 Å². The van der Waals surface area contributed by atoms with Crippen LogP contribution in [0.3, 0.4) is 0 Å². The van der Waals surface area contributed by atoms with Gasteiger partial charge in [-0.1, -0.05) is 13.8 Å². The number of aliphatic hydroxyl groups is 1. The smallest absolute Gasteiger partial charge is 0.255 e. The number of aliphatic hydroxyl groups excluding tert-OH is 1. The lowest BCUT2D eigenvalue weighted by atomic mass is 10.0. The summed E-state index contributed by atoms with van der Waals surface area (Å²) >= 11 is 0. The molecule has 7 nitrogen and oxygen atoms in total. The number of carbonyl (C=O) groups is 1. The van der Waals surface area contributed by atoms with Gasteiger partial charge in [-0.2, -0.15) is 0 Å². The quantitative estimate of drug-likeness (QED) is 0.486. The van der Waals surface area contributed by atoms with E-state index in [2.05, 4.69) is 20.6 Å². The van der Waals surface area contributed by atoms with Crippen molar-refractivity contribution < 1.29 is 19.0 Å². The van der Waals surface area contributed by atoms with Gasteiger partial charge in [0.1, 0.15) is 11.6 Å². The molecule has 3 N–H and O–H groups in total. The highest BCUT2D eigenvalue weighted by molar-refractivity contribution is 6.00. The second kappa shape index (κ2) is 10.2. The molecule has 1 atom stereocenters. The first-order valence-electron chi connectivity index (χ1n) is 10.3. The second-order valence-corrected chi connectivity index (χ2v) is 7.76. The average molecular weight is 439 g/mol. The van der Waals surface area contributed by atoms with Gasteiger partial charge >= 0.3 is 0 Å². The SMILES string of the molecule is COc1ccc(F)c(-c2cc(Nc3ccncc3C(=O)NCC(C)O)c(C(C)C)cn2)c1. The van der Waals surface area contributed by atoms with Crippen molar-refractivity contribution in [2.24, 2.45) is 0 Å². The molecule has 1 amide bonds.